The van der Waals surface area contributed by atoms with Gasteiger partial charge in [0.15, 0.2) is 0 Å². The average molecular weight is 295 g/mol. The Kier molecular flexibility index (Phi) is 3.19. The van der Waals surface area contributed by atoms with Crippen LogP contribution >= 0.6 is 12.4 Å². The summed E-state index contributed by atoms with van der Waals surface area (Å²) in [5.74, 6) is 0. The van der Waals surface area contributed by atoms with E-state index in [2.05, 4.69) is 37.3 Å². The van der Waals surface area contributed by atoms with Gasteiger partial charge in [-0.2, -0.15) is 0 Å². The predicted octanol–water partition coefficient (Wildman–Crippen LogP) is 4.85. The Morgan fingerprint density at radius 1 is 0.905 bits per heavy atom. The van der Waals surface area contributed by atoms with Crippen LogP contribution in [0.5, 0.6) is 0 Å². The van der Waals surface area contributed by atoms with Gasteiger partial charge in [0.05, 0.1) is 11.0 Å². The predicted molar refractivity (Wildman–Crippen MR) is 93.2 cm³/mol. The van der Waals surface area contributed by atoms with Crippen molar-refractivity contribution in [2.75, 3.05) is 5.73 Å². The van der Waals surface area contributed by atoms with Gasteiger partial charge in [0.1, 0.15) is 0 Å². The van der Waals surface area contributed by atoms with Crippen LogP contribution in [0.4, 0.5) is 5.69 Å². The fraction of sp³-hybridized carbons (Fsp3) is 0.0556. The Morgan fingerprint density at radius 2 is 1.71 bits per heavy atom. The summed E-state index contributed by atoms with van der Waals surface area (Å²) in [5, 5.41) is 4.53. The molecule has 4 rings (SSSR count). The lowest BCUT2D eigenvalue weighted by Crippen LogP contribution is -1.92. The van der Waals surface area contributed by atoms with Crippen molar-refractivity contribution in [3.8, 4) is 0 Å². The van der Waals surface area contributed by atoms with Gasteiger partial charge in [-0.15, -0.1) is 12.4 Å². The maximum absolute atomic E-state index is 6.20. The number of nitrogens with zero attached hydrogens (tertiary/aromatic N) is 1. The molecule has 1 aromatic heterocycles. The van der Waals surface area contributed by atoms with Gasteiger partial charge in [-0.05, 0) is 36.1 Å². The fourth-order valence-corrected chi connectivity index (χ4v) is 2.85. The molecule has 3 heteroatoms. The number of fused-ring (bicyclic) bond motifs is 4. The molecular formula is C18H15ClN2. The number of anilines is 1. The molecule has 0 unspecified atom stereocenters. The molecule has 0 spiro atoms. The molecule has 0 fully saturated rings. The van der Waals surface area contributed by atoms with Crippen LogP contribution in [0.3, 0.4) is 0 Å². The van der Waals surface area contributed by atoms with Gasteiger partial charge in [0.25, 0.3) is 0 Å². The molecule has 0 amide bonds. The molecule has 0 bridgehead atoms. The Bertz CT molecular complexity index is 977. The van der Waals surface area contributed by atoms with Gasteiger partial charge in [0, 0.05) is 21.8 Å². The smallest absolute Gasteiger partial charge is 0.0808 e. The summed E-state index contributed by atoms with van der Waals surface area (Å²) in [4.78, 5) is 4.83. The Labute approximate surface area is 129 Å². The molecule has 3 aromatic carbocycles. The minimum atomic E-state index is 0. The largest absolute Gasteiger partial charge is 0.398 e. The van der Waals surface area contributed by atoms with Gasteiger partial charge in [-0.25, -0.2) is 4.98 Å². The minimum absolute atomic E-state index is 0. The van der Waals surface area contributed by atoms with Crippen LogP contribution in [0.25, 0.3) is 32.6 Å². The first-order chi connectivity index (χ1) is 9.74. The van der Waals surface area contributed by atoms with E-state index in [0.29, 0.717) is 0 Å². The highest BCUT2D eigenvalue weighted by molar-refractivity contribution is 6.14. The lowest BCUT2D eigenvalue weighted by Gasteiger charge is -2.09. The van der Waals surface area contributed by atoms with Crippen molar-refractivity contribution in [1.29, 1.82) is 0 Å². The molecule has 21 heavy (non-hydrogen) atoms. The monoisotopic (exact) mass is 294 g/mol. The molecular weight excluding hydrogens is 280 g/mol. The van der Waals surface area contributed by atoms with Crippen molar-refractivity contribution in [2.45, 2.75) is 6.92 Å². The van der Waals surface area contributed by atoms with E-state index < -0.39 is 0 Å². The number of aryl methyl sites for hydroxylation is 1. The first kappa shape index (κ1) is 13.7. The van der Waals surface area contributed by atoms with Gasteiger partial charge in [-0.1, -0.05) is 36.4 Å². The highest BCUT2D eigenvalue weighted by Crippen LogP contribution is 2.32. The first-order valence-electron chi connectivity index (χ1n) is 6.71. The van der Waals surface area contributed by atoms with E-state index in [1.165, 1.54) is 10.9 Å². The Morgan fingerprint density at radius 3 is 2.57 bits per heavy atom. The number of hydrogen-bond donors (Lipinski definition) is 1. The third-order valence-corrected chi connectivity index (χ3v) is 3.92. The number of para-hydroxylation sites is 1. The zero-order valence-electron chi connectivity index (χ0n) is 11.6. The number of nitrogens with two attached hydrogens (primary N) is 1. The summed E-state index contributed by atoms with van der Waals surface area (Å²) in [7, 11) is 0. The number of nitrogen functional groups attached to an aromatic ring is 1. The molecule has 104 valence electrons. The molecule has 1 heterocycles. The molecule has 0 radical (unpaired) electrons. The summed E-state index contributed by atoms with van der Waals surface area (Å²) in [5.41, 5.74) is 10.2. The van der Waals surface area contributed by atoms with Crippen molar-refractivity contribution in [3.63, 3.8) is 0 Å². The highest BCUT2D eigenvalue weighted by atomic mass is 35.5. The summed E-state index contributed by atoms with van der Waals surface area (Å²) in [6.45, 7) is 2.11. The molecule has 2 N–H and O–H groups in total. The zero-order chi connectivity index (χ0) is 13.7. The second-order valence-electron chi connectivity index (χ2n) is 5.21. The lowest BCUT2D eigenvalue weighted by atomic mass is 10.00. The second kappa shape index (κ2) is 4.90. The maximum atomic E-state index is 6.20. The lowest BCUT2D eigenvalue weighted by molar-refractivity contribution is 1.49. The van der Waals surface area contributed by atoms with Crippen LogP contribution in [0.2, 0.25) is 0 Å². The molecule has 2 nitrogen and oxygen atoms in total. The summed E-state index contributed by atoms with van der Waals surface area (Å²) in [6, 6.07) is 18.7. The summed E-state index contributed by atoms with van der Waals surface area (Å²) in [6.07, 6.45) is 0. The Hall–Kier alpha value is -2.32. The zero-order valence-corrected chi connectivity index (χ0v) is 12.4. The van der Waals surface area contributed by atoms with Gasteiger partial charge in [0.2, 0.25) is 0 Å². The first-order valence-corrected chi connectivity index (χ1v) is 6.71. The standard InChI is InChI=1S/C18H14N2.ClH/c1-11-6-9-15(19)17-14(11)8-7-13-10-12-4-2-3-5-16(12)20-18(13)17;/h2-10H,19H2,1H3;1H. The topological polar surface area (TPSA) is 38.9 Å². The highest BCUT2D eigenvalue weighted by Gasteiger charge is 2.08. The average Bonchev–Trinajstić information content (AvgIpc) is 2.48. The fourth-order valence-electron chi connectivity index (χ4n) is 2.85. The molecule has 0 saturated carbocycles. The third kappa shape index (κ3) is 1.99. The number of pyridine rings is 1. The summed E-state index contributed by atoms with van der Waals surface area (Å²) >= 11 is 0. The Balaban J connectivity index is 0.00000132. The van der Waals surface area contributed by atoms with E-state index in [1.807, 2.05) is 24.3 Å². The van der Waals surface area contributed by atoms with Crippen LogP contribution < -0.4 is 5.73 Å². The minimum Gasteiger partial charge on any atom is -0.398 e. The van der Waals surface area contributed by atoms with E-state index in [0.717, 1.165) is 32.9 Å². The maximum Gasteiger partial charge on any atom is 0.0808 e. The van der Waals surface area contributed by atoms with E-state index in [1.54, 1.807) is 0 Å². The van der Waals surface area contributed by atoms with Crippen LogP contribution in [-0.4, -0.2) is 4.98 Å². The van der Waals surface area contributed by atoms with Crippen molar-refractivity contribution in [3.05, 3.63) is 60.2 Å². The van der Waals surface area contributed by atoms with Crippen molar-refractivity contribution < 1.29 is 0 Å². The summed E-state index contributed by atoms with van der Waals surface area (Å²) < 4.78 is 0. The van der Waals surface area contributed by atoms with Crippen LogP contribution in [-0.2, 0) is 0 Å². The normalized spacial score (nSPS) is 10.9. The van der Waals surface area contributed by atoms with Gasteiger partial charge >= 0.3 is 0 Å². The van der Waals surface area contributed by atoms with Crippen molar-refractivity contribution in [1.82, 2.24) is 4.98 Å². The van der Waals surface area contributed by atoms with Crippen molar-refractivity contribution in [2.24, 2.45) is 0 Å². The number of aromatic nitrogens is 1. The number of hydrogen-bond acceptors (Lipinski definition) is 2. The van der Waals surface area contributed by atoms with E-state index in [-0.39, 0.29) is 12.4 Å². The van der Waals surface area contributed by atoms with E-state index >= 15 is 0 Å². The molecule has 0 aliphatic heterocycles. The number of halogens is 1. The SMILES string of the molecule is Cc1ccc(N)c2c1ccc1cc3ccccc3nc12.Cl. The molecule has 0 aliphatic carbocycles. The van der Waals surface area contributed by atoms with Crippen LogP contribution in [0.1, 0.15) is 5.56 Å². The van der Waals surface area contributed by atoms with E-state index in [4.69, 9.17) is 10.7 Å². The van der Waals surface area contributed by atoms with Gasteiger partial charge < -0.3 is 5.73 Å². The van der Waals surface area contributed by atoms with Crippen molar-refractivity contribution >= 4 is 50.7 Å². The van der Waals surface area contributed by atoms with Gasteiger partial charge in [-0.3, -0.25) is 0 Å². The number of rotatable bonds is 0. The molecule has 0 aliphatic rings. The molecule has 0 atom stereocenters. The quantitative estimate of drug-likeness (QED) is 0.286. The van der Waals surface area contributed by atoms with E-state index in [9.17, 15) is 0 Å². The molecule has 4 aromatic rings. The van der Waals surface area contributed by atoms with Crippen LogP contribution in [0.15, 0.2) is 54.6 Å². The molecule has 0 saturated heterocycles. The third-order valence-electron chi connectivity index (χ3n) is 3.92. The van der Waals surface area contributed by atoms with Crippen LogP contribution in [0, 0.1) is 6.92 Å². The second-order valence-corrected chi connectivity index (χ2v) is 5.21. The number of benzene rings is 3.